The fraction of sp³-hybridized carbons (Fsp3) is 0. The summed E-state index contributed by atoms with van der Waals surface area (Å²) in [6, 6.07) is 20.6. The molecule has 0 aliphatic heterocycles. The first-order valence-electron chi connectivity index (χ1n) is 6.83. The lowest BCUT2D eigenvalue weighted by molar-refractivity contribution is 0.102. The quantitative estimate of drug-likeness (QED) is 0.769. The molecule has 0 fully saturated rings. The number of aromatic amines is 1. The molecule has 0 saturated heterocycles. The van der Waals surface area contributed by atoms with Gasteiger partial charge in [0.15, 0.2) is 0 Å². The Balaban J connectivity index is 1.92. The summed E-state index contributed by atoms with van der Waals surface area (Å²) in [7, 11) is 0. The zero-order chi connectivity index (χ0) is 15.4. The van der Waals surface area contributed by atoms with Crippen LogP contribution in [0.25, 0.3) is 11.1 Å². The van der Waals surface area contributed by atoms with Gasteiger partial charge in [0.2, 0.25) is 0 Å². The van der Waals surface area contributed by atoms with Gasteiger partial charge in [0, 0.05) is 17.3 Å². The molecule has 0 radical (unpaired) electrons. The van der Waals surface area contributed by atoms with Gasteiger partial charge in [-0.2, -0.15) is 5.26 Å². The third-order valence-electron chi connectivity index (χ3n) is 3.35. The van der Waals surface area contributed by atoms with Crippen molar-refractivity contribution in [1.82, 2.24) is 4.98 Å². The lowest BCUT2D eigenvalue weighted by Gasteiger charge is -2.04. The highest BCUT2D eigenvalue weighted by molar-refractivity contribution is 6.05. The highest BCUT2D eigenvalue weighted by Crippen LogP contribution is 2.28. The summed E-state index contributed by atoms with van der Waals surface area (Å²) in [5.41, 5.74) is 2.67. The first-order valence-corrected chi connectivity index (χ1v) is 6.83. The molecule has 0 spiro atoms. The Morgan fingerprint density at radius 3 is 2.27 bits per heavy atom. The van der Waals surface area contributed by atoms with E-state index in [0.717, 1.165) is 11.1 Å². The normalized spacial score (nSPS) is 9.95. The first-order chi connectivity index (χ1) is 10.8. The fourth-order valence-corrected chi connectivity index (χ4v) is 2.26. The standard InChI is InChI=1S/C18H13N3O/c19-11-15-16(13-7-3-1-4-8-13)12-20-17(15)21-18(22)14-9-5-2-6-10-14/h1-10,12,20H,(H,21,22). The van der Waals surface area contributed by atoms with E-state index >= 15 is 0 Å². The van der Waals surface area contributed by atoms with Crippen molar-refractivity contribution >= 4 is 11.7 Å². The average molecular weight is 287 g/mol. The van der Waals surface area contributed by atoms with E-state index in [1.165, 1.54) is 0 Å². The zero-order valence-corrected chi connectivity index (χ0v) is 11.7. The van der Waals surface area contributed by atoms with Gasteiger partial charge in [0.1, 0.15) is 17.5 Å². The van der Waals surface area contributed by atoms with Crippen LogP contribution in [0.5, 0.6) is 0 Å². The summed E-state index contributed by atoms with van der Waals surface area (Å²) < 4.78 is 0. The van der Waals surface area contributed by atoms with Crippen molar-refractivity contribution in [3.05, 3.63) is 78.0 Å². The lowest BCUT2D eigenvalue weighted by atomic mass is 10.1. The van der Waals surface area contributed by atoms with E-state index < -0.39 is 0 Å². The maximum absolute atomic E-state index is 12.2. The van der Waals surface area contributed by atoms with Gasteiger partial charge in [-0.15, -0.1) is 0 Å². The third-order valence-corrected chi connectivity index (χ3v) is 3.35. The van der Waals surface area contributed by atoms with Crippen LogP contribution in [-0.4, -0.2) is 10.9 Å². The van der Waals surface area contributed by atoms with Crippen molar-refractivity contribution in [3.63, 3.8) is 0 Å². The summed E-state index contributed by atoms with van der Waals surface area (Å²) in [6.07, 6.45) is 1.73. The molecule has 0 aliphatic carbocycles. The van der Waals surface area contributed by atoms with E-state index in [1.54, 1.807) is 30.5 Å². The summed E-state index contributed by atoms with van der Waals surface area (Å²) in [4.78, 5) is 15.2. The molecular formula is C18H13N3O. The second-order valence-electron chi connectivity index (χ2n) is 4.75. The van der Waals surface area contributed by atoms with E-state index in [0.29, 0.717) is 16.9 Å². The van der Waals surface area contributed by atoms with Crippen molar-refractivity contribution in [1.29, 1.82) is 5.26 Å². The van der Waals surface area contributed by atoms with Crippen LogP contribution in [0.15, 0.2) is 66.9 Å². The van der Waals surface area contributed by atoms with Gasteiger partial charge < -0.3 is 10.3 Å². The first kappa shape index (κ1) is 13.7. The molecule has 4 nitrogen and oxygen atoms in total. The molecule has 0 saturated carbocycles. The summed E-state index contributed by atoms with van der Waals surface area (Å²) in [5.74, 6) is 0.161. The van der Waals surface area contributed by atoms with Crippen molar-refractivity contribution < 1.29 is 4.79 Å². The Labute approximate surface area is 128 Å². The lowest BCUT2D eigenvalue weighted by Crippen LogP contribution is -2.12. The number of anilines is 1. The number of H-pyrrole nitrogens is 1. The predicted octanol–water partition coefficient (Wildman–Crippen LogP) is 3.81. The van der Waals surface area contributed by atoms with Crippen molar-refractivity contribution in [2.24, 2.45) is 0 Å². The van der Waals surface area contributed by atoms with Crippen LogP contribution in [-0.2, 0) is 0 Å². The number of hydrogen-bond acceptors (Lipinski definition) is 2. The second-order valence-corrected chi connectivity index (χ2v) is 4.75. The number of aromatic nitrogens is 1. The Morgan fingerprint density at radius 1 is 1.00 bits per heavy atom. The smallest absolute Gasteiger partial charge is 0.256 e. The van der Waals surface area contributed by atoms with Gasteiger partial charge in [-0.05, 0) is 17.7 Å². The van der Waals surface area contributed by atoms with Crippen LogP contribution in [0.4, 0.5) is 5.82 Å². The van der Waals surface area contributed by atoms with Gasteiger partial charge >= 0.3 is 0 Å². The molecule has 22 heavy (non-hydrogen) atoms. The van der Waals surface area contributed by atoms with Crippen LogP contribution in [0.2, 0.25) is 0 Å². The van der Waals surface area contributed by atoms with Crippen LogP contribution in [0, 0.1) is 11.3 Å². The summed E-state index contributed by atoms with van der Waals surface area (Å²) >= 11 is 0. The number of carbonyl (C=O) groups is 1. The number of carbonyl (C=O) groups excluding carboxylic acids is 1. The Hall–Kier alpha value is -3.32. The van der Waals surface area contributed by atoms with Crippen LogP contribution < -0.4 is 5.32 Å². The van der Waals surface area contributed by atoms with E-state index in [2.05, 4.69) is 16.4 Å². The molecule has 2 aromatic carbocycles. The minimum atomic E-state index is -0.251. The minimum absolute atomic E-state index is 0.251. The average Bonchev–Trinajstić information content (AvgIpc) is 2.99. The molecular weight excluding hydrogens is 274 g/mol. The molecule has 106 valence electrons. The number of nitrogens with zero attached hydrogens (tertiary/aromatic N) is 1. The summed E-state index contributed by atoms with van der Waals surface area (Å²) in [5, 5.41) is 12.2. The molecule has 1 amide bonds. The Morgan fingerprint density at radius 2 is 1.64 bits per heavy atom. The largest absolute Gasteiger partial charge is 0.346 e. The fourth-order valence-electron chi connectivity index (χ4n) is 2.26. The molecule has 0 bridgehead atoms. The topological polar surface area (TPSA) is 68.7 Å². The number of benzene rings is 2. The van der Waals surface area contributed by atoms with Gasteiger partial charge in [0.05, 0.1) is 0 Å². The van der Waals surface area contributed by atoms with E-state index in [-0.39, 0.29) is 5.91 Å². The van der Waals surface area contributed by atoms with Crippen LogP contribution >= 0.6 is 0 Å². The minimum Gasteiger partial charge on any atom is -0.346 e. The van der Waals surface area contributed by atoms with E-state index in [9.17, 15) is 10.1 Å². The van der Waals surface area contributed by atoms with Gasteiger partial charge in [-0.3, -0.25) is 4.79 Å². The van der Waals surface area contributed by atoms with Gasteiger partial charge in [0.25, 0.3) is 5.91 Å². The number of amides is 1. The van der Waals surface area contributed by atoms with Crippen LogP contribution in [0.3, 0.4) is 0 Å². The molecule has 3 aromatic rings. The van der Waals surface area contributed by atoms with Crippen LogP contribution in [0.1, 0.15) is 15.9 Å². The zero-order valence-electron chi connectivity index (χ0n) is 11.7. The van der Waals surface area contributed by atoms with Crippen molar-refractivity contribution in [3.8, 4) is 17.2 Å². The molecule has 2 N–H and O–H groups in total. The van der Waals surface area contributed by atoms with E-state index in [1.807, 2.05) is 36.4 Å². The molecule has 0 aliphatic rings. The molecule has 1 heterocycles. The molecule has 0 atom stereocenters. The SMILES string of the molecule is N#Cc1c(-c2ccccc2)c[nH]c1NC(=O)c1ccccc1. The maximum atomic E-state index is 12.2. The van der Waals surface area contributed by atoms with Crippen molar-refractivity contribution in [2.75, 3.05) is 5.32 Å². The highest BCUT2D eigenvalue weighted by Gasteiger charge is 2.15. The van der Waals surface area contributed by atoms with Gasteiger partial charge in [-0.25, -0.2) is 0 Å². The van der Waals surface area contributed by atoms with E-state index in [4.69, 9.17) is 0 Å². The third kappa shape index (κ3) is 2.60. The highest BCUT2D eigenvalue weighted by atomic mass is 16.1. The number of nitriles is 1. The molecule has 0 unspecified atom stereocenters. The molecule has 1 aromatic heterocycles. The maximum Gasteiger partial charge on any atom is 0.256 e. The molecule has 4 heteroatoms. The number of rotatable bonds is 3. The monoisotopic (exact) mass is 287 g/mol. The summed E-state index contributed by atoms with van der Waals surface area (Å²) in [6.45, 7) is 0. The number of hydrogen-bond donors (Lipinski definition) is 2. The van der Waals surface area contributed by atoms with Crippen molar-refractivity contribution in [2.45, 2.75) is 0 Å². The molecule has 3 rings (SSSR count). The Bertz CT molecular complexity index is 830. The Kier molecular flexibility index (Phi) is 3.71. The second kappa shape index (κ2) is 5.98. The number of nitrogens with one attached hydrogen (secondary N) is 2. The predicted molar refractivity (Wildman–Crippen MR) is 85.3 cm³/mol. The van der Waals surface area contributed by atoms with Gasteiger partial charge in [-0.1, -0.05) is 48.5 Å².